The van der Waals surface area contributed by atoms with Gasteiger partial charge in [-0.15, -0.1) is 0 Å². The molecule has 0 aromatic rings. The molecule has 0 nitrogen and oxygen atoms in total. The van der Waals surface area contributed by atoms with Gasteiger partial charge in [-0.05, 0) is 0 Å². The summed E-state index contributed by atoms with van der Waals surface area (Å²) in [5.74, 6) is 0. The summed E-state index contributed by atoms with van der Waals surface area (Å²) in [6.07, 6.45) is 0. The second-order valence-electron chi connectivity index (χ2n) is 0.143. The predicted molar refractivity (Wildman–Crippen MR) is 3.32 cm³/mol. The van der Waals surface area contributed by atoms with Crippen LogP contribution in [0.15, 0.2) is 0 Å². The van der Waals surface area contributed by atoms with Gasteiger partial charge in [0.15, 0.2) is 0 Å². The summed E-state index contributed by atoms with van der Waals surface area (Å²) in [6.45, 7) is 0. The van der Waals surface area contributed by atoms with Crippen LogP contribution in [0.25, 0.3) is 0 Å². The van der Waals surface area contributed by atoms with Gasteiger partial charge in [-0.1, -0.05) is 0 Å². The van der Waals surface area contributed by atoms with Gasteiger partial charge in [-0.3, -0.25) is 0 Å². The monoisotopic (exact) mass is 116 g/mol. The molecule has 0 unspecified atom stereocenters. The van der Waals surface area contributed by atoms with Gasteiger partial charge in [0, 0.05) is 0 Å². The minimum absolute atomic E-state index is 4.10. The van der Waals surface area contributed by atoms with Crippen molar-refractivity contribution >= 4 is 0 Å². The molecule has 0 saturated carbocycles. The van der Waals surface area contributed by atoms with Gasteiger partial charge in [0.05, 0.1) is 0 Å². The number of hydrogen-bond donors (Lipinski definition) is 0. The molecule has 4 heavy (non-hydrogen) atoms. The van der Waals surface area contributed by atoms with Crippen molar-refractivity contribution < 1.29 is 25.7 Å². The van der Waals surface area contributed by atoms with Gasteiger partial charge in [0.2, 0.25) is 0 Å². The fourth-order valence-electron chi connectivity index (χ4n) is 0. The first-order valence-corrected chi connectivity index (χ1v) is 1.56. The third-order valence-corrected chi connectivity index (χ3v) is 0. The molecule has 4 heteroatoms. The van der Waals surface area contributed by atoms with Crippen LogP contribution in [0.5, 0.6) is 0 Å². The van der Waals surface area contributed by atoms with E-state index in [1.807, 2.05) is 0 Å². The third kappa shape index (κ3) is 43.9. The van der Waals surface area contributed by atoms with Crippen molar-refractivity contribution in [2.45, 2.75) is 0 Å². The molecule has 0 amide bonds. The maximum atomic E-state index is 9.73. The Kier molecular flexibility index (Phi) is 1.72. The van der Waals surface area contributed by atoms with Gasteiger partial charge >= 0.3 is 25.7 Å². The van der Waals surface area contributed by atoms with E-state index >= 15 is 0 Å². The van der Waals surface area contributed by atoms with Crippen LogP contribution in [0.3, 0.4) is 0 Å². The Hall–Kier alpha value is 0.296. The van der Waals surface area contributed by atoms with Gasteiger partial charge < -0.3 is 0 Å². The number of halogens is 3. The zero-order chi connectivity index (χ0) is 3.58. The Bertz CT molecular complexity index is 8.00. The number of rotatable bonds is 0. The Morgan fingerprint density at radius 1 is 1.00 bits per heavy atom. The summed E-state index contributed by atoms with van der Waals surface area (Å²) in [5, 5.41) is 0. The van der Waals surface area contributed by atoms with Crippen LogP contribution >= 0.6 is 0 Å². The predicted octanol–water partition coefficient (Wildman–Crippen LogP) is 1.26. The summed E-state index contributed by atoms with van der Waals surface area (Å²) < 4.78 is 29.2. The number of hydrogen-bond acceptors (Lipinski definition) is 0. The van der Waals surface area contributed by atoms with Crippen molar-refractivity contribution in [3.63, 3.8) is 0 Å². The second-order valence-corrected chi connectivity index (χ2v) is 0.589. The molecule has 0 fully saturated rings. The van der Waals surface area contributed by atoms with Crippen molar-refractivity contribution in [2.75, 3.05) is 0 Å². The summed E-state index contributed by atoms with van der Waals surface area (Å²) in [5.41, 5.74) is 0. The van der Waals surface area contributed by atoms with Gasteiger partial charge in [0.1, 0.15) is 0 Å². The van der Waals surface area contributed by atoms with Crippen molar-refractivity contribution in [3.8, 4) is 0 Å². The van der Waals surface area contributed by atoms with E-state index in [4.69, 9.17) is 0 Å². The van der Waals surface area contributed by atoms with Crippen molar-refractivity contribution in [3.05, 3.63) is 0 Å². The van der Waals surface area contributed by atoms with E-state index in [-0.39, 0.29) is 0 Å². The van der Waals surface area contributed by atoms with Crippen LogP contribution < -0.4 is 0 Å². The van der Waals surface area contributed by atoms with Crippen LogP contribution in [0, 0.1) is 0 Å². The zero-order valence-electron chi connectivity index (χ0n) is 1.47. The summed E-state index contributed by atoms with van der Waals surface area (Å²) >= 11 is -4.10. The second kappa shape index (κ2) is 1.60. The molecule has 0 spiro atoms. The first-order valence-electron chi connectivity index (χ1n) is 0.378. The normalized spacial score (nSPS) is 11.2. The van der Waals surface area contributed by atoms with E-state index in [0.717, 1.165) is 0 Å². The molecule has 31 valence electrons. The average Bonchev–Trinajstić information content (AvgIpc) is 0.811. The SMILES string of the molecule is [F][Co-]([F])[F]. The van der Waals surface area contributed by atoms with Crippen molar-refractivity contribution in [2.24, 2.45) is 0 Å². The topological polar surface area (TPSA) is 0 Å². The maximum absolute atomic E-state index is 9.73. The Labute approximate surface area is 26.7 Å². The van der Waals surface area contributed by atoms with Crippen LogP contribution in [-0.2, 0) is 15.0 Å². The van der Waals surface area contributed by atoms with E-state index in [0.29, 0.717) is 0 Å². The Morgan fingerprint density at radius 3 is 1.00 bits per heavy atom. The molecule has 0 saturated heterocycles. The Balaban J connectivity index is 2.32. The van der Waals surface area contributed by atoms with E-state index in [9.17, 15) is 10.7 Å². The minimum atomic E-state index is -4.10. The summed E-state index contributed by atoms with van der Waals surface area (Å²) in [7, 11) is 0. The van der Waals surface area contributed by atoms with Crippen LogP contribution in [0.1, 0.15) is 0 Å². The zero-order valence-corrected chi connectivity index (χ0v) is 2.51. The molecular formula is CoF3-. The fraction of sp³-hybridized carbons (Fsp3) is 0. The van der Waals surface area contributed by atoms with E-state index in [2.05, 4.69) is 0 Å². The van der Waals surface area contributed by atoms with Crippen molar-refractivity contribution in [1.29, 1.82) is 0 Å². The molecule has 0 bridgehead atoms. The van der Waals surface area contributed by atoms with Crippen molar-refractivity contribution in [1.82, 2.24) is 0 Å². The molecule has 0 rings (SSSR count). The van der Waals surface area contributed by atoms with Gasteiger partial charge in [-0.2, -0.15) is 0 Å². The van der Waals surface area contributed by atoms with Crippen LogP contribution in [-0.4, -0.2) is 0 Å². The van der Waals surface area contributed by atoms with Gasteiger partial charge in [0.25, 0.3) is 0 Å². The average molecular weight is 116 g/mol. The first kappa shape index (κ1) is 4.30. The van der Waals surface area contributed by atoms with Gasteiger partial charge in [-0.25, -0.2) is 0 Å². The van der Waals surface area contributed by atoms with E-state index in [1.165, 1.54) is 0 Å². The first-order chi connectivity index (χ1) is 1.73. The molecule has 0 N–H and O–H groups in total. The third-order valence-electron chi connectivity index (χ3n) is 0. The molecular weight excluding hydrogens is 116 g/mol. The van der Waals surface area contributed by atoms with E-state index < -0.39 is 15.0 Å². The summed E-state index contributed by atoms with van der Waals surface area (Å²) in [6, 6.07) is 0. The molecule has 0 aromatic heterocycles. The molecule has 0 aromatic carbocycles. The molecule has 0 atom stereocenters. The quantitative estimate of drug-likeness (QED) is 0.446. The van der Waals surface area contributed by atoms with E-state index in [1.54, 1.807) is 0 Å². The molecule has 0 aliphatic heterocycles. The molecule has 0 aliphatic rings. The standard InChI is InChI=1S/Co.3FH/h;3*1H/q+2;;;/p-3. The summed E-state index contributed by atoms with van der Waals surface area (Å²) in [4.78, 5) is 0. The Morgan fingerprint density at radius 2 is 1.00 bits per heavy atom. The fourth-order valence-corrected chi connectivity index (χ4v) is 0. The molecule has 0 heterocycles. The van der Waals surface area contributed by atoms with Crippen LogP contribution in [0.2, 0.25) is 0 Å². The molecule has 0 aliphatic carbocycles. The van der Waals surface area contributed by atoms with Crippen LogP contribution in [0.4, 0.5) is 10.7 Å². The molecule has 0 radical (unpaired) electrons.